The predicted octanol–water partition coefficient (Wildman–Crippen LogP) is 1.70. The number of likely N-dealkylation sites (N-methyl/N-ethyl adjacent to an activating group) is 1. The van der Waals surface area contributed by atoms with Crippen molar-refractivity contribution in [2.24, 2.45) is 0 Å². The number of sulfonamides is 1. The van der Waals surface area contributed by atoms with Crippen molar-refractivity contribution in [3.05, 3.63) is 54.1 Å². The highest BCUT2D eigenvalue weighted by Gasteiger charge is 2.17. The van der Waals surface area contributed by atoms with E-state index in [4.69, 9.17) is 4.74 Å². The summed E-state index contributed by atoms with van der Waals surface area (Å²) in [5.41, 5.74) is 0.510. The minimum atomic E-state index is -3.89. The molecule has 0 spiro atoms. The van der Waals surface area contributed by atoms with Gasteiger partial charge in [-0.25, -0.2) is 8.42 Å². The van der Waals surface area contributed by atoms with E-state index in [1.165, 1.54) is 29.2 Å². The maximum Gasteiger partial charge on any atom is 0.261 e. The summed E-state index contributed by atoms with van der Waals surface area (Å²) in [5.74, 6) is -0.168. The monoisotopic (exact) mass is 405 g/mol. The maximum atomic E-state index is 12.6. The first-order valence-corrected chi connectivity index (χ1v) is 10.1. The number of hydrogen-bond donors (Lipinski definition) is 2. The molecule has 2 amide bonds. The summed E-state index contributed by atoms with van der Waals surface area (Å²) in [6.45, 7) is 2.20. The van der Waals surface area contributed by atoms with Crippen molar-refractivity contribution in [1.29, 1.82) is 0 Å². The molecule has 0 aliphatic heterocycles. The summed E-state index contributed by atoms with van der Waals surface area (Å²) in [6, 6.07) is 12.1. The molecule has 2 aromatic carbocycles. The number of carbonyl (C=O) groups excluding carboxylic acids is 2. The van der Waals surface area contributed by atoms with Gasteiger partial charge in [0.1, 0.15) is 5.75 Å². The smallest absolute Gasteiger partial charge is 0.261 e. The molecule has 2 N–H and O–H groups in total. The molecule has 0 atom stereocenters. The number of hydrogen-bond acceptors (Lipinski definition) is 5. The highest BCUT2D eigenvalue weighted by Crippen LogP contribution is 2.20. The number of amides is 2. The van der Waals surface area contributed by atoms with Gasteiger partial charge in [0, 0.05) is 25.3 Å². The highest BCUT2D eigenvalue weighted by atomic mass is 32.2. The first-order chi connectivity index (χ1) is 13.2. The first kappa shape index (κ1) is 21.2. The molecule has 28 heavy (non-hydrogen) atoms. The van der Waals surface area contributed by atoms with Gasteiger partial charge < -0.3 is 15.0 Å². The van der Waals surface area contributed by atoms with Crippen LogP contribution in [-0.2, 0) is 14.8 Å². The third kappa shape index (κ3) is 5.71. The summed E-state index contributed by atoms with van der Waals surface area (Å²) >= 11 is 0. The predicted molar refractivity (Wildman–Crippen MR) is 106 cm³/mol. The zero-order valence-electron chi connectivity index (χ0n) is 15.9. The molecule has 0 saturated heterocycles. The lowest BCUT2D eigenvalue weighted by atomic mass is 10.2. The lowest BCUT2D eigenvalue weighted by Crippen LogP contribution is -2.36. The van der Waals surface area contributed by atoms with Crippen LogP contribution in [-0.4, -0.2) is 52.4 Å². The fourth-order valence-electron chi connectivity index (χ4n) is 2.22. The van der Waals surface area contributed by atoms with Crippen molar-refractivity contribution in [1.82, 2.24) is 10.2 Å². The van der Waals surface area contributed by atoms with E-state index in [0.717, 1.165) is 0 Å². The standard InChI is InChI=1S/C19H23N3O5S/c1-4-27-16-10-8-15(9-11-16)21-28(25,26)17-7-5-6-14(12-17)19(24)20-13-18(23)22(2)3/h5-12,21H,4,13H2,1-3H3,(H,20,24). The zero-order chi connectivity index (χ0) is 20.7. The van der Waals surface area contributed by atoms with Crippen LogP contribution in [0.25, 0.3) is 0 Å². The van der Waals surface area contributed by atoms with E-state index >= 15 is 0 Å². The van der Waals surface area contributed by atoms with Gasteiger partial charge in [0.15, 0.2) is 0 Å². The van der Waals surface area contributed by atoms with E-state index in [2.05, 4.69) is 10.0 Å². The van der Waals surface area contributed by atoms with Crippen LogP contribution in [0.15, 0.2) is 53.4 Å². The van der Waals surface area contributed by atoms with Gasteiger partial charge in [0.2, 0.25) is 5.91 Å². The van der Waals surface area contributed by atoms with Crippen LogP contribution in [0.3, 0.4) is 0 Å². The second-order valence-electron chi connectivity index (χ2n) is 6.06. The highest BCUT2D eigenvalue weighted by molar-refractivity contribution is 7.92. The van der Waals surface area contributed by atoms with E-state index in [-0.39, 0.29) is 22.9 Å². The average molecular weight is 405 g/mol. The molecular formula is C19H23N3O5S. The second-order valence-corrected chi connectivity index (χ2v) is 7.74. The summed E-state index contributed by atoms with van der Waals surface area (Å²) in [6.07, 6.45) is 0. The van der Waals surface area contributed by atoms with Gasteiger partial charge in [-0.3, -0.25) is 14.3 Å². The molecule has 0 aliphatic carbocycles. The quantitative estimate of drug-likeness (QED) is 0.696. The van der Waals surface area contributed by atoms with Gasteiger partial charge in [-0.1, -0.05) is 6.07 Å². The van der Waals surface area contributed by atoms with Crippen molar-refractivity contribution in [3.8, 4) is 5.75 Å². The Labute approximate surface area is 164 Å². The Balaban J connectivity index is 2.12. The zero-order valence-corrected chi connectivity index (χ0v) is 16.7. The molecule has 0 saturated carbocycles. The first-order valence-electron chi connectivity index (χ1n) is 8.57. The van der Waals surface area contributed by atoms with Crippen LogP contribution >= 0.6 is 0 Å². The number of nitrogens with one attached hydrogen (secondary N) is 2. The molecule has 0 radical (unpaired) electrons. The van der Waals surface area contributed by atoms with E-state index in [0.29, 0.717) is 18.0 Å². The molecule has 0 fully saturated rings. The fraction of sp³-hybridized carbons (Fsp3) is 0.263. The van der Waals surface area contributed by atoms with Crippen molar-refractivity contribution < 1.29 is 22.7 Å². The van der Waals surface area contributed by atoms with Crippen molar-refractivity contribution in [2.75, 3.05) is 32.0 Å². The van der Waals surface area contributed by atoms with Gasteiger partial charge in [-0.2, -0.15) is 0 Å². The Kier molecular flexibility index (Phi) is 7.00. The third-order valence-electron chi connectivity index (χ3n) is 3.72. The average Bonchev–Trinajstić information content (AvgIpc) is 2.67. The molecule has 8 nitrogen and oxygen atoms in total. The normalized spacial score (nSPS) is 10.8. The Morgan fingerprint density at radius 3 is 2.36 bits per heavy atom. The Bertz CT molecular complexity index is 940. The summed E-state index contributed by atoms with van der Waals surface area (Å²) in [7, 11) is -0.730. The molecule has 0 aliphatic rings. The molecule has 2 aromatic rings. The van der Waals surface area contributed by atoms with Crippen LogP contribution in [0.1, 0.15) is 17.3 Å². The molecule has 9 heteroatoms. The molecule has 2 rings (SSSR count). The van der Waals surface area contributed by atoms with Crippen LogP contribution in [0, 0.1) is 0 Å². The van der Waals surface area contributed by atoms with Gasteiger partial charge >= 0.3 is 0 Å². The van der Waals surface area contributed by atoms with Gasteiger partial charge in [0.05, 0.1) is 18.0 Å². The lowest BCUT2D eigenvalue weighted by molar-refractivity contribution is -0.127. The Morgan fingerprint density at radius 2 is 1.75 bits per heavy atom. The number of anilines is 1. The number of benzene rings is 2. The van der Waals surface area contributed by atoms with Gasteiger partial charge in [-0.15, -0.1) is 0 Å². The van der Waals surface area contributed by atoms with Crippen LogP contribution in [0.4, 0.5) is 5.69 Å². The van der Waals surface area contributed by atoms with E-state index < -0.39 is 15.9 Å². The number of rotatable bonds is 8. The minimum Gasteiger partial charge on any atom is -0.494 e. The summed E-state index contributed by atoms with van der Waals surface area (Å²) < 4.78 is 33.0. The minimum absolute atomic E-state index is 0.0621. The number of nitrogens with zero attached hydrogens (tertiary/aromatic N) is 1. The molecule has 0 aromatic heterocycles. The van der Waals surface area contributed by atoms with Crippen molar-refractivity contribution in [3.63, 3.8) is 0 Å². The number of carbonyl (C=O) groups is 2. The fourth-order valence-corrected chi connectivity index (χ4v) is 3.32. The SMILES string of the molecule is CCOc1ccc(NS(=O)(=O)c2cccc(C(=O)NCC(=O)N(C)C)c2)cc1. The Morgan fingerprint density at radius 1 is 1.07 bits per heavy atom. The lowest BCUT2D eigenvalue weighted by Gasteiger charge is -2.12. The number of ether oxygens (including phenoxy) is 1. The third-order valence-corrected chi connectivity index (χ3v) is 5.10. The summed E-state index contributed by atoms with van der Waals surface area (Å²) in [4.78, 5) is 25.1. The van der Waals surface area contributed by atoms with Gasteiger partial charge in [0.25, 0.3) is 15.9 Å². The van der Waals surface area contributed by atoms with Crippen LogP contribution in [0.2, 0.25) is 0 Å². The van der Waals surface area contributed by atoms with Crippen molar-refractivity contribution in [2.45, 2.75) is 11.8 Å². The topological polar surface area (TPSA) is 105 Å². The van der Waals surface area contributed by atoms with Crippen molar-refractivity contribution >= 4 is 27.5 Å². The van der Waals surface area contributed by atoms with Crippen LogP contribution < -0.4 is 14.8 Å². The van der Waals surface area contributed by atoms with E-state index in [1.54, 1.807) is 38.4 Å². The van der Waals surface area contributed by atoms with E-state index in [1.807, 2.05) is 6.92 Å². The molecule has 150 valence electrons. The van der Waals surface area contributed by atoms with Crippen LogP contribution in [0.5, 0.6) is 5.75 Å². The maximum absolute atomic E-state index is 12.6. The molecular weight excluding hydrogens is 382 g/mol. The second kappa shape index (κ2) is 9.23. The summed E-state index contributed by atoms with van der Waals surface area (Å²) in [5, 5.41) is 2.47. The largest absolute Gasteiger partial charge is 0.494 e. The van der Waals surface area contributed by atoms with Gasteiger partial charge in [-0.05, 0) is 49.4 Å². The van der Waals surface area contributed by atoms with E-state index in [9.17, 15) is 18.0 Å². The molecule has 0 unspecified atom stereocenters. The Hall–Kier alpha value is -3.07. The molecule has 0 heterocycles. The molecule has 0 bridgehead atoms.